The van der Waals surface area contributed by atoms with E-state index in [1.54, 1.807) is 7.05 Å². The lowest BCUT2D eigenvalue weighted by Crippen LogP contribution is -2.47. The van der Waals surface area contributed by atoms with Crippen LogP contribution in [0.15, 0.2) is 29.3 Å². The molecule has 0 bridgehead atoms. The van der Waals surface area contributed by atoms with Gasteiger partial charge in [-0.3, -0.25) is 4.99 Å². The largest absolute Gasteiger partial charge is 0.511 e. The molecule has 0 aliphatic carbocycles. The van der Waals surface area contributed by atoms with Gasteiger partial charge in [-0.2, -0.15) is 17.5 Å². The fraction of sp³-hybridized carbons (Fsp3) is 0.611. The fourth-order valence-corrected chi connectivity index (χ4v) is 4.07. The molecule has 11 heteroatoms. The van der Waals surface area contributed by atoms with E-state index in [0.717, 1.165) is 11.3 Å². The average Bonchev–Trinajstić information content (AvgIpc) is 2.69. The van der Waals surface area contributed by atoms with Crippen LogP contribution >= 0.6 is 0 Å². The first kappa shape index (κ1) is 23.3. The maximum absolute atomic E-state index is 12.6. The van der Waals surface area contributed by atoms with Crippen LogP contribution in [0.3, 0.4) is 0 Å². The Balaban J connectivity index is 1.81. The van der Waals surface area contributed by atoms with E-state index in [1.807, 2.05) is 31.2 Å². The molecule has 164 valence electrons. The first-order valence-corrected chi connectivity index (χ1v) is 10.8. The van der Waals surface area contributed by atoms with Crippen molar-refractivity contribution in [1.29, 1.82) is 0 Å². The number of nitrogens with zero attached hydrogens (tertiary/aromatic N) is 2. The van der Waals surface area contributed by atoms with Gasteiger partial charge in [0.2, 0.25) is 0 Å². The second-order valence-electron chi connectivity index (χ2n) is 6.64. The van der Waals surface area contributed by atoms with Crippen LogP contribution in [0.1, 0.15) is 25.3 Å². The van der Waals surface area contributed by atoms with E-state index in [-0.39, 0.29) is 19.0 Å². The Hall–Kier alpha value is -2.01. The molecule has 1 fully saturated rings. The highest BCUT2D eigenvalue weighted by atomic mass is 32.2. The van der Waals surface area contributed by atoms with Gasteiger partial charge in [-0.15, -0.1) is 0 Å². The van der Waals surface area contributed by atoms with E-state index in [1.165, 1.54) is 0 Å². The zero-order chi connectivity index (χ0) is 21.5. The van der Waals surface area contributed by atoms with Gasteiger partial charge in [0, 0.05) is 38.8 Å². The molecule has 0 saturated carbocycles. The number of rotatable bonds is 7. The minimum atomic E-state index is -5.25. The quantitative estimate of drug-likeness (QED) is 0.506. The number of guanidine groups is 1. The van der Waals surface area contributed by atoms with Crippen LogP contribution in [0.5, 0.6) is 5.75 Å². The van der Waals surface area contributed by atoms with Crippen molar-refractivity contribution in [2.24, 2.45) is 10.9 Å². The number of hydrogen-bond acceptors (Lipinski definition) is 4. The Morgan fingerprint density at radius 3 is 2.48 bits per heavy atom. The van der Waals surface area contributed by atoms with Gasteiger partial charge in [0.25, 0.3) is 0 Å². The minimum Gasteiger partial charge on any atom is -0.494 e. The molecule has 0 aromatic heterocycles. The van der Waals surface area contributed by atoms with Crippen LogP contribution in [-0.2, 0) is 16.6 Å². The third-order valence-electron chi connectivity index (χ3n) is 4.71. The zero-order valence-electron chi connectivity index (χ0n) is 16.5. The summed E-state index contributed by atoms with van der Waals surface area (Å²) in [6.45, 7) is 3.19. The highest BCUT2D eigenvalue weighted by Crippen LogP contribution is 2.30. The lowest BCUT2D eigenvalue weighted by atomic mass is 9.98. The molecule has 1 aliphatic rings. The molecule has 0 amide bonds. The van der Waals surface area contributed by atoms with Crippen LogP contribution in [-0.4, -0.2) is 57.5 Å². The summed E-state index contributed by atoms with van der Waals surface area (Å²) < 4.78 is 67.0. The van der Waals surface area contributed by atoms with Gasteiger partial charge >= 0.3 is 15.5 Å². The van der Waals surface area contributed by atoms with Crippen molar-refractivity contribution >= 4 is 16.0 Å². The molecule has 0 unspecified atom stereocenters. The van der Waals surface area contributed by atoms with Gasteiger partial charge in [0.05, 0.1) is 6.61 Å². The van der Waals surface area contributed by atoms with Gasteiger partial charge in [-0.25, -0.2) is 8.42 Å². The van der Waals surface area contributed by atoms with Crippen molar-refractivity contribution in [1.82, 2.24) is 14.9 Å². The van der Waals surface area contributed by atoms with E-state index >= 15 is 0 Å². The summed E-state index contributed by atoms with van der Waals surface area (Å²) in [7, 11) is -3.61. The van der Waals surface area contributed by atoms with Crippen molar-refractivity contribution < 1.29 is 26.3 Å². The predicted molar refractivity (Wildman–Crippen MR) is 105 cm³/mol. The van der Waals surface area contributed by atoms with Gasteiger partial charge in [-0.1, -0.05) is 18.2 Å². The molecule has 2 rings (SSSR count). The predicted octanol–water partition coefficient (Wildman–Crippen LogP) is 2.31. The number of hydrogen-bond donors (Lipinski definition) is 2. The highest BCUT2D eigenvalue weighted by molar-refractivity contribution is 7.90. The van der Waals surface area contributed by atoms with Crippen molar-refractivity contribution in [3.05, 3.63) is 29.8 Å². The lowest BCUT2D eigenvalue weighted by Gasteiger charge is -2.31. The molecule has 1 aromatic rings. The molecular weight excluding hydrogens is 409 g/mol. The number of nitrogens with one attached hydrogen (secondary N) is 2. The molecule has 0 radical (unpaired) electrons. The van der Waals surface area contributed by atoms with Crippen molar-refractivity contribution in [2.45, 2.75) is 31.8 Å². The maximum atomic E-state index is 12.6. The van der Waals surface area contributed by atoms with Crippen LogP contribution in [0.2, 0.25) is 0 Å². The number of ether oxygens (including phenoxy) is 1. The molecule has 29 heavy (non-hydrogen) atoms. The Kier molecular flexibility index (Phi) is 8.14. The number of sulfonamides is 1. The minimum absolute atomic E-state index is 0.0592. The Morgan fingerprint density at radius 1 is 1.24 bits per heavy atom. The first-order valence-electron chi connectivity index (χ1n) is 9.40. The molecular formula is C18H27F3N4O3S. The third kappa shape index (κ3) is 6.23. The van der Waals surface area contributed by atoms with Crippen molar-refractivity contribution in [3.8, 4) is 5.75 Å². The van der Waals surface area contributed by atoms with Gasteiger partial charge in [0.15, 0.2) is 5.96 Å². The number of alkyl halides is 3. The lowest BCUT2D eigenvalue weighted by molar-refractivity contribution is -0.0496. The molecule has 2 N–H and O–H groups in total. The summed E-state index contributed by atoms with van der Waals surface area (Å²) in [6, 6.07) is 7.65. The van der Waals surface area contributed by atoms with E-state index in [4.69, 9.17) is 4.74 Å². The number of benzene rings is 1. The van der Waals surface area contributed by atoms with E-state index in [9.17, 15) is 21.6 Å². The zero-order valence-corrected chi connectivity index (χ0v) is 17.3. The second-order valence-corrected chi connectivity index (χ2v) is 8.57. The Morgan fingerprint density at radius 2 is 1.90 bits per heavy atom. The fourth-order valence-electron chi connectivity index (χ4n) is 3.09. The molecule has 7 nitrogen and oxygen atoms in total. The summed E-state index contributed by atoms with van der Waals surface area (Å²) in [5, 5.41) is 6.33. The van der Waals surface area contributed by atoms with Gasteiger partial charge in [0.1, 0.15) is 5.75 Å². The SMILES string of the molecule is CCOc1ccccc1CNC(=NC)NCC1CCN(S(=O)(=O)C(F)(F)F)CC1. The summed E-state index contributed by atoms with van der Waals surface area (Å²) in [5.74, 6) is 1.40. The van der Waals surface area contributed by atoms with Crippen LogP contribution in [0.4, 0.5) is 13.2 Å². The topological polar surface area (TPSA) is 83.0 Å². The summed E-state index contributed by atoms with van der Waals surface area (Å²) >= 11 is 0. The van der Waals surface area contributed by atoms with Crippen molar-refractivity contribution in [2.75, 3.05) is 33.3 Å². The Bertz CT molecular complexity index is 792. The Labute approximate surface area is 169 Å². The summed E-state index contributed by atoms with van der Waals surface area (Å²) in [6.07, 6.45) is 0.707. The molecule has 1 aliphatic heterocycles. The van der Waals surface area contributed by atoms with Crippen molar-refractivity contribution in [3.63, 3.8) is 0 Å². The number of para-hydroxylation sites is 1. The molecule has 1 saturated heterocycles. The molecule has 1 heterocycles. The van der Waals surface area contributed by atoms with Crippen LogP contribution in [0, 0.1) is 5.92 Å². The molecule has 0 atom stereocenters. The highest BCUT2D eigenvalue weighted by Gasteiger charge is 2.50. The van der Waals surface area contributed by atoms with E-state index in [2.05, 4.69) is 15.6 Å². The standard InChI is InChI=1S/C18H27F3N4O3S/c1-3-28-16-7-5-4-6-15(16)13-24-17(22-2)23-12-14-8-10-25(11-9-14)29(26,27)18(19,20)21/h4-7,14H,3,8-13H2,1-2H3,(H2,22,23,24). The summed E-state index contributed by atoms with van der Waals surface area (Å²) in [5.41, 5.74) is -4.27. The molecule has 1 aromatic carbocycles. The van der Waals surface area contributed by atoms with E-state index < -0.39 is 15.5 Å². The van der Waals surface area contributed by atoms with E-state index in [0.29, 0.717) is 42.8 Å². The normalized spacial score (nSPS) is 17.2. The number of halogens is 3. The number of piperidine rings is 1. The van der Waals surface area contributed by atoms with Crippen LogP contribution in [0.25, 0.3) is 0 Å². The molecule has 0 spiro atoms. The average molecular weight is 437 g/mol. The maximum Gasteiger partial charge on any atom is 0.511 e. The second kappa shape index (κ2) is 10.1. The number of aliphatic imine (C=N–C) groups is 1. The van der Waals surface area contributed by atoms with Gasteiger partial charge < -0.3 is 15.4 Å². The summed E-state index contributed by atoms with van der Waals surface area (Å²) in [4.78, 5) is 4.15. The first-order chi connectivity index (χ1) is 13.7. The smallest absolute Gasteiger partial charge is 0.494 e. The van der Waals surface area contributed by atoms with Crippen LogP contribution < -0.4 is 15.4 Å². The van der Waals surface area contributed by atoms with Gasteiger partial charge in [-0.05, 0) is 31.7 Å². The monoisotopic (exact) mass is 436 g/mol. The third-order valence-corrected chi connectivity index (χ3v) is 6.34.